The monoisotopic (exact) mass is 384 g/mol. The summed E-state index contributed by atoms with van der Waals surface area (Å²) in [6.45, 7) is 0. The molecule has 0 bridgehead atoms. The Labute approximate surface area is 160 Å². The number of hydrogen-bond acceptors (Lipinski definition) is 4. The molecule has 0 fully saturated rings. The number of carbonyl (C=O) groups is 2. The molecule has 26 heavy (non-hydrogen) atoms. The van der Waals surface area contributed by atoms with Crippen molar-refractivity contribution in [2.75, 3.05) is 0 Å². The molecule has 3 aromatic rings. The number of hydrogen-bond donors (Lipinski definition) is 1. The van der Waals surface area contributed by atoms with Gasteiger partial charge in [0.25, 0.3) is 0 Å². The lowest BCUT2D eigenvalue weighted by Crippen LogP contribution is -2.29. The summed E-state index contributed by atoms with van der Waals surface area (Å²) in [6, 6.07) is 16.6. The van der Waals surface area contributed by atoms with Crippen molar-refractivity contribution in [2.45, 2.75) is 18.9 Å². The van der Waals surface area contributed by atoms with E-state index in [2.05, 4.69) is 10.3 Å². The summed E-state index contributed by atoms with van der Waals surface area (Å²) in [5.74, 6) is -0.246. The highest BCUT2D eigenvalue weighted by atomic mass is 35.5. The number of Topliss-reactive ketones (excluding diaryl/α,β-unsaturated/α-hetero) is 1. The molecule has 0 saturated carbocycles. The molecular formula is C20H17ClN2O2S. The number of nitrogens with zero attached hydrogens (tertiary/aromatic N) is 1. The third-order valence-corrected chi connectivity index (χ3v) is 5.18. The molecule has 0 saturated heterocycles. The summed E-state index contributed by atoms with van der Waals surface area (Å²) in [5, 5.41) is 3.02. The molecule has 6 heteroatoms. The number of halogens is 1. The van der Waals surface area contributed by atoms with Crippen molar-refractivity contribution in [3.63, 3.8) is 0 Å². The lowest BCUT2D eigenvalue weighted by atomic mass is 9.99. The summed E-state index contributed by atoms with van der Waals surface area (Å²) in [7, 11) is 0. The highest BCUT2D eigenvalue weighted by molar-refractivity contribution is 7.18. The van der Waals surface area contributed by atoms with Crippen LogP contribution in [-0.4, -0.2) is 16.7 Å². The molecule has 1 amide bonds. The second-order valence-corrected chi connectivity index (χ2v) is 7.43. The van der Waals surface area contributed by atoms with Crippen molar-refractivity contribution < 1.29 is 9.59 Å². The van der Waals surface area contributed by atoms with Gasteiger partial charge in [-0.2, -0.15) is 0 Å². The van der Waals surface area contributed by atoms with Crippen LogP contribution in [0.25, 0.3) is 0 Å². The molecule has 1 aromatic carbocycles. The Bertz CT molecular complexity index is 842. The van der Waals surface area contributed by atoms with Gasteiger partial charge in [-0.3, -0.25) is 14.6 Å². The Kier molecular flexibility index (Phi) is 6.15. The summed E-state index contributed by atoms with van der Waals surface area (Å²) in [5.41, 5.74) is 1.92. The molecule has 2 heterocycles. The third kappa shape index (κ3) is 4.77. The van der Waals surface area contributed by atoms with E-state index in [1.165, 1.54) is 11.3 Å². The number of benzene rings is 1. The lowest BCUT2D eigenvalue weighted by molar-refractivity contribution is -0.121. The minimum atomic E-state index is -0.280. The standard InChI is InChI=1S/C20H17ClN2O2S/c21-18-8-7-17(26-18)16(24)6-9-19(25)23-20(14-4-2-1-3-5-14)15-10-12-22-13-11-15/h1-5,7-8,10-13,20H,6,9H2,(H,23,25). The number of ketones is 1. The molecule has 1 atom stereocenters. The minimum Gasteiger partial charge on any atom is -0.345 e. The van der Waals surface area contributed by atoms with E-state index in [1.807, 2.05) is 42.5 Å². The van der Waals surface area contributed by atoms with Crippen molar-refractivity contribution in [2.24, 2.45) is 0 Å². The number of nitrogens with one attached hydrogen (secondary N) is 1. The maximum Gasteiger partial charge on any atom is 0.221 e. The summed E-state index contributed by atoms with van der Waals surface area (Å²) in [4.78, 5) is 29.2. The maximum atomic E-state index is 12.4. The van der Waals surface area contributed by atoms with Crippen molar-refractivity contribution in [1.82, 2.24) is 10.3 Å². The van der Waals surface area contributed by atoms with Gasteiger partial charge in [-0.25, -0.2) is 0 Å². The van der Waals surface area contributed by atoms with Crippen LogP contribution in [-0.2, 0) is 4.79 Å². The zero-order chi connectivity index (χ0) is 18.4. The molecule has 0 aliphatic carbocycles. The summed E-state index contributed by atoms with van der Waals surface area (Å²) >= 11 is 7.09. The number of pyridine rings is 1. The van der Waals surface area contributed by atoms with Crippen LogP contribution in [0.2, 0.25) is 4.34 Å². The number of carbonyl (C=O) groups excluding carboxylic acids is 2. The third-order valence-electron chi connectivity index (χ3n) is 3.90. The van der Waals surface area contributed by atoms with E-state index >= 15 is 0 Å². The van der Waals surface area contributed by atoms with Gasteiger partial charge in [-0.1, -0.05) is 41.9 Å². The number of amides is 1. The van der Waals surface area contributed by atoms with Crippen LogP contribution in [0.3, 0.4) is 0 Å². The topological polar surface area (TPSA) is 59.1 Å². The van der Waals surface area contributed by atoms with E-state index in [0.29, 0.717) is 9.21 Å². The molecule has 1 unspecified atom stereocenters. The molecule has 4 nitrogen and oxygen atoms in total. The molecular weight excluding hydrogens is 368 g/mol. The fraction of sp³-hybridized carbons (Fsp3) is 0.150. The smallest absolute Gasteiger partial charge is 0.221 e. The highest BCUT2D eigenvalue weighted by Crippen LogP contribution is 2.24. The SMILES string of the molecule is O=C(CCC(=O)c1ccc(Cl)s1)NC(c1ccccc1)c1ccncc1. The Morgan fingerprint density at radius 2 is 1.65 bits per heavy atom. The van der Waals surface area contributed by atoms with Crippen LogP contribution in [0.4, 0.5) is 0 Å². The normalized spacial score (nSPS) is 11.7. The van der Waals surface area contributed by atoms with Crippen LogP contribution in [0.5, 0.6) is 0 Å². The van der Waals surface area contributed by atoms with Gasteiger partial charge in [0.15, 0.2) is 5.78 Å². The van der Waals surface area contributed by atoms with Gasteiger partial charge in [-0.05, 0) is 35.4 Å². The second kappa shape index (κ2) is 8.74. The van der Waals surface area contributed by atoms with E-state index in [9.17, 15) is 9.59 Å². The van der Waals surface area contributed by atoms with Gasteiger partial charge < -0.3 is 5.32 Å². The van der Waals surface area contributed by atoms with Crippen molar-refractivity contribution in [3.05, 3.63) is 87.3 Å². The Hall–Kier alpha value is -2.50. The molecule has 0 spiro atoms. The van der Waals surface area contributed by atoms with Gasteiger partial charge >= 0.3 is 0 Å². The van der Waals surface area contributed by atoms with Crippen molar-refractivity contribution >= 4 is 34.6 Å². The number of aromatic nitrogens is 1. The van der Waals surface area contributed by atoms with Crippen LogP contribution >= 0.6 is 22.9 Å². The molecule has 0 radical (unpaired) electrons. The number of rotatable bonds is 7. The maximum absolute atomic E-state index is 12.4. The van der Waals surface area contributed by atoms with Gasteiger partial charge in [0.2, 0.25) is 5.91 Å². The van der Waals surface area contributed by atoms with Crippen LogP contribution < -0.4 is 5.32 Å². The molecule has 132 valence electrons. The van der Waals surface area contributed by atoms with Crippen LogP contribution in [0.15, 0.2) is 67.0 Å². The van der Waals surface area contributed by atoms with E-state index < -0.39 is 0 Å². The Balaban J connectivity index is 1.67. The average Bonchev–Trinajstić information content (AvgIpc) is 3.12. The van der Waals surface area contributed by atoms with Crippen molar-refractivity contribution in [1.29, 1.82) is 0 Å². The fourth-order valence-electron chi connectivity index (χ4n) is 2.61. The number of thiophene rings is 1. The van der Waals surface area contributed by atoms with Crippen molar-refractivity contribution in [3.8, 4) is 0 Å². The highest BCUT2D eigenvalue weighted by Gasteiger charge is 2.18. The van der Waals surface area contributed by atoms with Crippen LogP contribution in [0.1, 0.15) is 39.7 Å². The second-order valence-electron chi connectivity index (χ2n) is 5.72. The van der Waals surface area contributed by atoms with Gasteiger partial charge in [-0.15, -0.1) is 11.3 Å². The zero-order valence-electron chi connectivity index (χ0n) is 13.9. The Morgan fingerprint density at radius 1 is 0.962 bits per heavy atom. The predicted octanol–water partition coefficient (Wildman–Crippen LogP) is 4.67. The molecule has 1 N–H and O–H groups in total. The molecule has 2 aromatic heterocycles. The fourth-order valence-corrected chi connectivity index (χ4v) is 3.62. The first-order valence-corrected chi connectivity index (χ1v) is 9.35. The first kappa shape index (κ1) is 18.3. The predicted molar refractivity (Wildman–Crippen MR) is 104 cm³/mol. The first-order chi connectivity index (χ1) is 12.6. The lowest BCUT2D eigenvalue weighted by Gasteiger charge is -2.19. The van der Waals surface area contributed by atoms with Gasteiger partial charge in [0.1, 0.15) is 0 Å². The Morgan fingerprint density at radius 3 is 2.31 bits per heavy atom. The average molecular weight is 385 g/mol. The van der Waals surface area contributed by atoms with Gasteiger partial charge in [0.05, 0.1) is 15.3 Å². The van der Waals surface area contributed by atoms with E-state index in [-0.39, 0.29) is 30.6 Å². The molecule has 0 aliphatic heterocycles. The van der Waals surface area contributed by atoms with E-state index in [1.54, 1.807) is 24.5 Å². The molecule has 3 rings (SSSR count). The van der Waals surface area contributed by atoms with Crippen LogP contribution in [0, 0.1) is 0 Å². The van der Waals surface area contributed by atoms with Gasteiger partial charge in [0, 0.05) is 25.2 Å². The first-order valence-electron chi connectivity index (χ1n) is 8.16. The summed E-state index contributed by atoms with van der Waals surface area (Å²) < 4.78 is 0.569. The minimum absolute atomic E-state index is 0.0720. The molecule has 0 aliphatic rings. The largest absolute Gasteiger partial charge is 0.345 e. The zero-order valence-corrected chi connectivity index (χ0v) is 15.5. The summed E-state index contributed by atoms with van der Waals surface area (Å²) in [6.07, 6.45) is 3.67. The quantitative estimate of drug-likeness (QED) is 0.602. The van der Waals surface area contributed by atoms with E-state index in [0.717, 1.165) is 11.1 Å². The van der Waals surface area contributed by atoms with E-state index in [4.69, 9.17) is 11.6 Å².